The van der Waals surface area contributed by atoms with E-state index in [-0.39, 0.29) is 33.0 Å². The van der Waals surface area contributed by atoms with Crippen LogP contribution < -0.4 is 4.18 Å². The van der Waals surface area contributed by atoms with Crippen LogP contribution in [0.15, 0.2) is 78.8 Å². The summed E-state index contributed by atoms with van der Waals surface area (Å²) in [6, 6.07) is 11.4. The van der Waals surface area contributed by atoms with Crippen LogP contribution in [0.5, 0.6) is 5.75 Å². The number of benzene rings is 2. The Bertz CT molecular complexity index is 1570. The van der Waals surface area contributed by atoms with Crippen molar-refractivity contribution in [3.05, 3.63) is 79.5 Å². The molecule has 0 fully saturated rings. The molecule has 7 nitrogen and oxygen atoms in total. The summed E-state index contributed by atoms with van der Waals surface area (Å²) < 4.78 is 39.3. The average molecular weight is 722 g/mol. The van der Waals surface area contributed by atoms with Crippen LogP contribution >= 0.6 is 31.9 Å². The summed E-state index contributed by atoms with van der Waals surface area (Å²) in [6.07, 6.45) is 1.90. The van der Waals surface area contributed by atoms with Crippen LogP contribution in [0.4, 0.5) is 0 Å². The first-order valence-electron chi connectivity index (χ1n) is 13.9. The van der Waals surface area contributed by atoms with Crippen molar-refractivity contribution < 1.29 is 26.9 Å². The predicted octanol–water partition coefficient (Wildman–Crippen LogP) is 7.31. The number of methoxy groups -OCH3 is 1. The van der Waals surface area contributed by atoms with E-state index in [1.807, 2.05) is 0 Å². The minimum atomic E-state index is -4.23. The largest absolute Gasteiger partial charge is 0.383 e. The highest BCUT2D eigenvalue weighted by molar-refractivity contribution is 9.11. The highest BCUT2D eigenvalue weighted by Gasteiger charge is 2.50. The van der Waals surface area contributed by atoms with Gasteiger partial charge in [0.25, 0.3) is 0 Å². The first-order chi connectivity index (χ1) is 19.6. The van der Waals surface area contributed by atoms with Crippen LogP contribution in [0.3, 0.4) is 0 Å². The molecule has 0 atom stereocenters. The van der Waals surface area contributed by atoms with Crippen LogP contribution in [-0.2, 0) is 24.4 Å². The van der Waals surface area contributed by atoms with Gasteiger partial charge in [0.05, 0.1) is 11.1 Å². The minimum Gasteiger partial charge on any atom is -0.383 e. The molecule has 42 heavy (non-hydrogen) atoms. The molecule has 0 saturated carbocycles. The second-order valence-electron chi connectivity index (χ2n) is 12.8. The number of nitrogens with zero attached hydrogens (tertiary/aromatic N) is 1. The standard InChI is InChI=1S/C32H35Br2NO6S/c1-31(2)15-23-28(25(36)17-31)27(29-24(35(23)11-12-40-5)16-32(3,4)18-26(29)37)21-13-19(33)14-22(34)30(21)41-42(38,39)20-9-7-6-8-10-20/h6-10,13-14,27H,11-12,15-18H2,1-5H3. The summed E-state index contributed by atoms with van der Waals surface area (Å²) in [5.74, 6) is -0.821. The maximum Gasteiger partial charge on any atom is 0.339 e. The third kappa shape index (κ3) is 5.92. The predicted molar refractivity (Wildman–Crippen MR) is 168 cm³/mol. The number of carbonyl (C=O) groups is 2. The molecule has 0 unspecified atom stereocenters. The fraction of sp³-hybridized carbons (Fsp3) is 0.438. The van der Waals surface area contributed by atoms with Crippen LogP contribution in [-0.4, -0.2) is 45.1 Å². The molecule has 2 aromatic rings. The Labute approximate surface area is 264 Å². The van der Waals surface area contributed by atoms with Crippen molar-refractivity contribution in [2.45, 2.75) is 64.2 Å². The van der Waals surface area contributed by atoms with Crippen molar-refractivity contribution in [2.24, 2.45) is 10.8 Å². The lowest BCUT2D eigenvalue weighted by Gasteiger charge is -2.49. The lowest BCUT2D eigenvalue weighted by Crippen LogP contribution is -2.45. The Balaban J connectivity index is 1.79. The van der Waals surface area contributed by atoms with Crippen molar-refractivity contribution in [2.75, 3.05) is 20.3 Å². The van der Waals surface area contributed by atoms with E-state index in [9.17, 15) is 18.0 Å². The van der Waals surface area contributed by atoms with Crippen LogP contribution in [0.1, 0.15) is 64.9 Å². The van der Waals surface area contributed by atoms with Crippen molar-refractivity contribution in [1.29, 1.82) is 0 Å². The smallest absolute Gasteiger partial charge is 0.339 e. The first-order valence-corrected chi connectivity index (χ1v) is 16.9. The van der Waals surface area contributed by atoms with Gasteiger partial charge < -0.3 is 13.8 Å². The molecule has 0 aromatic heterocycles. The molecule has 3 aliphatic rings. The Morgan fingerprint density at radius 1 is 0.881 bits per heavy atom. The van der Waals surface area contributed by atoms with Crippen molar-refractivity contribution >= 4 is 53.5 Å². The third-order valence-corrected chi connectivity index (χ3v) is 10.4. The van der Waals surface area contributed by atoms with E-state index >= 15 is 0 Å². The van der Waals surface area contributed by atoms with E-state index in [2.05, 4.69) is 64.5 Å². The van der Waals surface area contributed by atoms with Gasteiger partial charge in [-0.05, 0) is 63.9 Å². The van der Waals surface area contributed by atoms with E-state index in [4.69, 9.17) is 8.92 Å². The van der Waals surface area contributed by atoms with Crippen molar-refractivity contribution in [3.63, 3.8) is 0 Å². The van der Waals surface area contributed by atoms with E-state index in [0.717, 1.165) is 11.4 Å². The second-order valence-corrected chi connectivity index (χ2v) is 16.2. The van der Waals surface area contributed by atoms with Gasteiger partial charge in [0.15, 0.2) is 17.3 Å². The Hall–Kier alpha value is -2.27. The number of ketones is 2. The number of rotatable bonds is 7. The van der Waals surface area contributed by atoms with Gasteiger partial charge in [0.2, 0.25) is 0 Å². The first kappa shape index (κ1) is 31.2. The molecule has 0 spiro atoms. The molecular weight excluding hydrogens is 686 g/mol. The van der Waals surface area contributed by atoms with E-state index < -0.39 is 16.0 Å². The zero-order chi connectivity index (χ0) is 30.6. The fourth-order valence-electron chi connectivity index (χ4n) is 6.44. The van der Waals surface area contributed by atoms with Gasteiger partial charge >= 0.3 is 10.1 Å². The third-order valence-electron chi connectivity index (χ3n) is 8.11. The zero-order valence-corrected chi connectivity index (χ0v) is 28.4. The lowest BCUT2D eigenvalue weighted by molar-refractivity contribution is -0.119. The fourth-order valence-corrected chi connectivity index (χ4v) is 8.88. The maximum atomic E-state index is 14.1. The van der Waals surface area contributed by atoms with E-state index in [0.29, 0.717) is 64.5 Å². The SMILES string of the molecule is COCCN1C2=C(C(=O)CC(C)(C)C2)C(c2cc(Br)cc(Br)c2OS(=O)(=O)c2ccccc2)C2=C1CC(C)(C)CC2=O. The Morgan fingerprint density at radius 2 is 1.43 bits per heavy atom. The molecular formula is C32H35Br2NO6S. The highest BCUT2D eigenvalue weighted by atomic mass is 79.9. The number of allylic oxidation sites excluding steroid dienone is 4. The van der Waals surface area contributed by atoms with E-state index in [1.54, 1.807) is 37.4 Å². The van der Waals surface area contributed by atoms with Gasteiger partial charge in [-0.15, -0.1) is 0 Å². The van der Waals surface area contributed by atoms with Crippen molar-refractivity contribution in [3.8, 4) is 5.75 Å². The molecule has 5 rings (SSSR count). The number of Topliss-reactive ketones (excluding diaryl/α,β-unsaturated/α-hetero) is 2. The van der Waals surface area contributed by atoms with Crippen LogP contribution in [0.2, 0.25) is 0 Å². The zero-order valence-electron chi connectivity index (χ0n) is 24.4. The number of hydrogen-bond donors (Lipinski definition) is 0. The summed E-state index contributed by atoms with van der Waals surface area (Å²) in [4.78, 5) is 30.4. The monoisotopic (exact) mass is 719 g/mol. The number of carbonyl (C=O) groups excluding carboxylic acids is 2. The Kier molecular flexibility index (Phi) is 8.41. The van der Waals surface area contributed by atoms with Gasteiger partial charge in [-0.25, -0.2) is 0 Å². The Morgan fingerprint density at radius 3 is 1.95 bits per heavy atom. The normalized spacial score (nSPS) is 20.5. The molecule has 0 N–H and O–H groups in total. The molecule has 0 amide bonds. The average Bonchev–Trinajstić information content (AvgIpc) is 2.87. The molecule has 0 bridgehead atoms. The number of ether oxygens (including phenoxy) is 1. The molecule has 0 saturated heterocycles. The van der Waals surface area contributed by atoms with Gasteiger partial charge in [-0.3, -0.25) is 9.59 Å². The summed E-state index contributed by atoms with van der Waals surface area (Å²) in [7, 11) is -2.59. The summed E-state index contributed by atoms with van der Waals surface area (Å²) in [5, 5.41) is 0. The highest BCUT2D eigenvalue weighted by Crippen LogP contribution is 2.56. The van der Waals surface area contributed by atoms with Gasteiger partial charge in [0, 0.05) is 65.0 Å². The van der Waals surface area contributed by atoms with Crippen LogP contribution in [0, 0.1) is 10.8 Å². The van der Waals surface area contributed by atoms with Gasteiger partial charge in [-0.1, -0.05) is 61.8 Å². The molecule has 1 heterocycles. The number of hydrogen-bond acceptors (Lipinski definition) is 7. The summed E-state index contributed by atoms with van der Waals surface area (Å²) in [5.41, 5.74) is 2.68. The molecule has 2 aromatic carbocycles. The van der Waals surface area contributed by atoms with Gasteiger partial charge in [0.1, 0.15) is 4.90 Å². The minimum absolute atomic E-state index is 0.00551. The van der Waals surface area contributed by atoms with Crippen molar-refractivity contribution in [1.82, 2.24) is 4.90 Å². The molecule has 0 radical (unpaired) electrons. The summed E-state index contributed by atoms with van der Waals surface area (Å²) in [6.45, 7) is 9.24. The number of halogens is 2. The summed E-state index contributed by atoms with van der Waals surface area (Å²) >= 11 is 7.09. The quantitative estimate of drug-likeness (QED) is 0.277. The molecule has 2 aliphatic carbocycles. The second kappa shape index (κ2) is 11.3. The van der Waals surface area contributed by atoms with Gasteiger partial charge in [-0.2, -0.15) is 8.42 Å². The molecule has 10 heteroatoms. The molecule has 224 valence electrons. The van der Waals surface area contributed by atoms with Crippen LogP contribution in [0.25, 0.3) is 0 Å². The molecule has 1 aliphatic heterocycles. The lowest BCUT2D eigenvalue weighted by atomic mass is 9.63. The topological polar surface area (TPSA) is 90.0 Å². The van der Waals surface area contributed by atoms with E-state index in [1.165, 1.54) is 12.1 Å². The maximum absolute atomic E-state index is 14.1.